The van der Waals surface area contributed by atoms with Crippen LogP contribution in [0.1, 0.15) is 19.7 Å². The van der Waals surface area contributed by atoms with Crippen LogP contribution < -0.4 is 0 Å². The lowest BCUT2D eigenvalue weighted by Gasteiger charge is -2.04. The van der Waals surface area contributed by atoms with Crippen molar-refractivity contribution in [1.29, 1.82) is 0 Å². The van der Waals surface area contributed by atoms with E-state index >= 15 is 0 Å². The van der Waals surface area contributed by atoms with Crippen molar-refractivity contribution in [2.75, 3.05) is 0 Å². The third-order valence-corrected chi connectivity index (χ3v) is 2.28. The molecule has 6 nitrogen and oxygen atoms in total. The van der Waals surface area contributed by atoms with Crippen molar-refractivity contribution >= 4 is 11.8 Å². The lowest BCUT2D eigenvalue weighted by Crippen LogP contribution is -2.03. The van der Waals surface area contributed by atoms with E-state index in [0.29, 0.717) is 5.82 Å². The van der Waals surface area contributed by atoms with Crippen LogP contribution in [0.5, 0.6) is 0 Å². The maximum atomic E-state index is 11.0. The molecule has 0 aliphatic carbocycles. The normalized spacial score (nSPS) is 10.1. The largest absolute Gasteiger partial charge is 0.312 e. The van der Waals surface area contributed by atoms with Crippen LogP contribution in [0.25, 0.3) is 11.9 Å². The molecule has 0 aromatic carbocycles. The fraction of sp³-hybridized carbons (Fsp3) is 0.167. The summed E-state index contributed by atoms with van der Waals surface area (Å²) in [5.41, 5.74) is 1.01. The Morgan fingerprint density at radius 2 is 2.17 bits per heavy atom. The zero-order valence-corrected chi connectivity index (χ0v) is 10.1. The van der Waals surface area contributed by atoms with Crippen LogP contribution in [0.3, 0.4) is 0 Å². The summed E-state index contributed by atoms with van der Waals surface area (Å²) in [7, 11) is 0. The summed E-state index contributed by atoms with van der Waals surface area (Å²) in [6.45, 7) is 3.87. The van der Waals surface area contributed by atoms with Gasteiger partial charge in [0.25, 0.3) is 0 Å². The second-order valence-electron chi connectivity index (χ2n) is 3.98. The molecule has 0 spiro atoms. The molecule has 0 amide bonds. The zero-order valence-electron chi connectivity index (χ0n) is 10.1. The first kappa shape index (κ1) is 12.0. The Kier molecular flexibility index (Phi) is 3.18. The van der Waals surface area contributed by atoms with Gasteiger partial charge < -0.3 is 0 Å². The predicted octanol–water partition coefficient (Wildman–Crippen LogP) is 2.60. The molecule has 0 unspecified atom stereocenters. The van der Waals surface area contributed by atoms with Crippen molar-refractivity contribution < 1.29 is 4.92 Å². The standard InChI is InChI=1S/C12H12N4O2/c1-9(2)8-11-13-6-7-15(11)12-10(16(17)18)4-3-5-14-12/h3-8H,1-2H3. The van der Waals surface area contributed by atoms with Crippen LogP contribution in [0.2, 0.25) is 0 Å². The molecule has 0 aliphatic heterocycles. The SMILES string of the molecule is CC(C)=Cc1nccn1-c1ncccc1[N+](=O)[O-]. The van der Waals surface area contributed by atoms with E-state index < -0.39 is 4.92 Å². The molecular weight excluding hydrogens is 232 g/mol. The lowest BCUT2D eigenvalue weighted by atomic mass is 10.3. The maximum Gasteiger partial charge on any atom is 0.312 e. The van der Waals surface area contributed by atoms with Crippen molar-refractivity contribution in [3.63, 3.8) is 0 Å². The van der Waals surface area contributed by atoms with E-state index in [0.717, 1.165) is 5.57 Å². The quantitative estimate of drug-likeness (QED) is 0.614. The van der Waals surface area contributed by atoms with Gasteiger partial charge in [-0.3, -0.25) is 14.7 Å². The number of hydrogen-bond acceptors (Lipinski definition) is 4. The molecule has 0 bridgehead atoms. The summed E-state index contributed by atoms with van der Waals surface area (Å²) in [4.78, 5) is 18.7. The van der Waals surface area contributed by atoms with Crippen LogP contribution in [0.15, 0.2) is 36.3 Å². The Balaban J connectivity index is 2.60. The molecule has 0 aliphatic rings. The number of nitrogens with zero attached hydrogens (tertiary/aromatic N) is 4. The Labute approximate surface area is 104 Å². The molecule has 0 N–H and O–H groups in total. The predicted molar refractivity (Wildman–Crippen MR) is 67.3 cm³/mol. The minimum atomic E-state index is -0.450. The molecule has 18 heavy (non-hydrogen) atoms. The first-order valence-electron chi connectivity index (χ1n) is 5.37. The van der Waals surface area contributed by atoms with Gasteiger partial charge in [0.15, 0.2) is 0 Å². The Morgan fingerprint density at radius 1 is 1.39 bits per heavy atom. The average molecular weight is 244 g/mol. The average Bonchev–Trinajstić information content (AvgIpc) is 2.76. The minimum absolute atomic E-state index is 0.0427. The summed E-state index contributed by atoms with van der Waals surface area (Å²) in [6.07, 6.45) is 6.62. The number of hydrogen-bond donors (Lipinski definition) is 0. The van der Waals surface area contributed by atoms with Gasteiger partial charge in [-0.1, -0.05) is 5.57 Å². The third kappa shape index (κ3) is 2.27. The van der Waals surface area contributed by atoms with E-state index in [-0.39, 0.29) is 11.5 Å². The van der Waals surface area contributed by atoms with Gasteiger partial charge in [0.1, 0.15) is 5.82 Å². The number of pyridine rings is 1. The first-order chi connectivity index (χ1) is 8.59. The highest BCUT2D eigenvalue weighted by Crippen LogP contribution is 2.21. The van der Waals surface area contributed by atoms with E-state index in [9.17, 15) is 10.1 Å². The van der Waals surface area contributed by atoms with Gasteiger partial charge in [0.2, 0.25) is 5.82 Å². The van der Waals surface area contributed by atoms with Crippen molar-refractivity contribution in [1.82, 2.24) is 14.5 Å². The molecule has 0 fully saturated rings. The van der Waals surface area contributed by atoms with Gasteiger partial charge in [-0.05, 0) is 26.0 Å². The molecule has 6 heteroatoms. The van der Waals surface area contributed by atoms with Crippen molar-refractivity contribution in [2.24, 2.45) is 0 Å². The smallest absolute Gasteiger partial charge is 0.279 e. The lowest BCUT2D eigenvalue weighted by molar-refractivity contribution is -0.384. The molecule has 0 radical (unpaired) electrons. The molecule has 92 valence electrons. The number of rotatable bonds is 3. The van der Waals surface area contributed by atoms with Crippen LogP contribution in [-0.4, -0.2) is 19.5 Å². The fourth-order valence-electron chi connectivity index (χ4n) is 1.58. The highest BCUT2D eigenvalue weighted by atomic mass is 16.6. The highest BCUT2D eigenvalue weighted by Gasteiger charge is 2.17. The van der Waals surface area contributed by atoms with E-state index in [4.69, 9.17) is 0 Å². The van der Waals surface area contributed by atoms with Crippen LogP contribution in [0, 0.1) is 10.1 Å². The number of aromatic nitrogens is 3. The van der Waals surface area contributed by atoms with E-state index in [1.54, 1.807) is 23.0 Å². The summed E-state index contributed by atoms with van der Waals surface area (Å²) in [6, 6.07) is 2.97. The molecular formula is C12H12N4O2. The van der Waals surface area contributed by atoms with Crippen molar-refractivity contribution in [3.8, 4) is 5.82 Å². The fourth-order valence-corrected chi connectivity index (χ4v) is 1.58. The topological polar surface area (TPSA) is 73.8 Å². The summed E-state index contributed by atoms with van der Waals surface area (Å²) >= 11 is 0. The van der Waals surface area contributed by atoms with Gasteiger partial charge in [-0.15, -0.1) is 0 Å². The highest BCUT2D eigenvalue weighted by molar-refractivity contribution is 5.53. The Hall–Kier alpha value is -2.50. The molecule has 0 saturated carbocycles. The third-order valence-electron chi connectivity index (χ3n) is 2.28. The van der Waals surface area contributed by atoms with Gasteiger partial charge in [-0.25, -0.2) is 9.97 Å². The van der Waals surface area contributed by atoms with Crippen molar-refractivity contribution in [2.45, 2.75) is 13.8 Å². The molecule has 0 atom stereocenters. The molecule has 2 aromatic heterocycles. The Morgan fingerprint density at radius 3 is 2.83 bits per heavy atom. The molecule has 2 heterocycles. The van der Waals surface area contributed by atoms with Gasteiger partial charge in [0.05, 0.1) is 4.92 Å². The zero-order chi connectivity index (χ0) is 13.1. The Bertz CT molecular complexity index is 612. The monoisotopic (exact) mass is 244 g/mol. The van der Waals surface area contributed by atoms with Gasteiger partial charge in [-0.2, -0.15) is 0 Å². The van der Waals surface area contributed by atoms with E-state index in [1.165, 1.54) is 12.3 Å². The summed E-state index contributed by atoms with van der Waals surface area (Å²) in [5, 5.41) is 11.0. The molecule has 2 rings (SSSR count). The molecule has 2 aromatic rings. The minimum Gasteiger partial charge on any atom is -0.279 e. The molecule has 0 saturated heterocycles. The van der Waals surface area contributed by atoms with Gasteiger partial charge >= 0.3 is 5.69 Å². The van der Waals surface area contributed by atoms with Gasteiger partial charge in [0, 0.05) is 24.7 Å². The number of allylic oxidation sites excluding steroid dienone is 1. The summed E-state index contributed by atoms with van der Waals surface area (Å²) < 4.78 is 1.60. The van der Waals surface area contributed by atoms with Crippen LogP contribution in [-0.2, 0) is 0 Å². The van der Waals surface area contributed by atoms with E-state index in [1.807, 2.05) is 19.9 Å². The maximum absolute atomic E-state index is 11.0. The van der Waals surface area contributed by atoms with Crippen molar-refractivity contribution in [3.05, 3.63) is 52.2 Å². The number of nitro groups is 1. The second kappa shape index (κ2) is 4.79. The summed E-state index contributed by atoms with van der Waals surface area (Å²) in [5.74, 6) is 0.893. The first-order valence-corrected chi connectivity index (χ1v) is 5.37. The number of imidazole rings is 1. The van der Waals surface area contributed by atoms with Crippen LogP contribution in [0.4, 0.5) is 5.69 Å². The van der Waals surface area contributed by atoms with Crippen LogP contribution >= 0.6 is 0 Å². The van der Waals surface area contributed by atoms with E-state index in [2.05, 4.69) is 9.97 Å². The second-order valence-corrected chi connectivity index (χ2v) is 3.98.